The van der Waals surface area contributed by atoms with Gasteiger partial charge in [-0.25, -0.2) is 0 Å². The van der Waals surface area contributed by atoms with Gasteiger partial charge in [-0.1, -0.05) is 6.42 Å². The maximum absolute atomic E-state index is 11.1. The first-order valence-electron chi connectivity index (χ1n) is 4.98. The molecule has 0 aromatic heterocycles. The van der Waals surface area contributed by atoms with Crippen molar-refractivity contribution in [1.82, 2.24) is 5.32 Å². The van der Waals surface area contributed by atoms with Crippen molar-refractivity contribution in [1.29, 1.82) is 0 Å². The zero-order valence-corrected chi connectivity index (χ0v) is 8.22. The van der Waals surface area contributed by atoms with Crippen molar-refractivity contribution >= 4 is 5.91 Å². The molecule has 0 saturated heterocycles. The van der Waals surface area contributed by atoms with Gasteiger partial charge in [-0.05, 0) is 32.4 Å². The average Bonchev–Trinajstić information content (AvgIpc) is 2.13. The number of amides is 1. The van der Waals surface area contributed by atoms with E-state index in [0.29, 0.717) is 19.5 Å². The Morgan fingerprint density at radius 2 is 1.69 bits per heavy atom. The molecule has 0 unspecified atom stereocenters. The fraction of sp³-hybridized carbons (Fsp3) is 0.889. The fourth-order valence-corrected chi connectivity index (χ4v) is 1.02. The second-order valence-electron chi connectivity index (χ2n) is 3.09. The van der Waals surface area contributed by atoms with E-state index < -0.39 is 0 Å². The molecule has 0 bridgehead atoms. The molecule has 13 heavy (non-hydrogen) atoms. The maximum atomic E-state index is 11.1. The zero-order valence-electron chi connectivity index (χ0n) is 8.22. The van der Waals surface area contributed by atoms with Crippen molar-refractivity contribution in [2.24, 2.45) is 11.5 Å². The Bertz CT molecular complexity index is 128. The van der Waals surface area contributed by atoms with Gasteiger partial charge >= 0.3 is 0 Å². The van der Waals surface area contributed by atoms with E-state index in [2.05, 4.69) is 5.32 Å². The highest BCUT2D eigenvalue weighted by Crippen LogP contribution is 1.97. The van der Waals surface area contributed by atoms with Crippen molar-refractivity contribution < 1.29 is 4.79 Å². The van der Waals surface area contributed by atoms with E-state index in [1.807, 2.05) is 0 Å². The van der Waals surface area contributed by atoms with Gasteiger partial charge in [0.05, 0.1) is 0 Å². The van der Waals surface area contributed by atoms with Crippen molar-refractivity contribution in [3.8, 4) is 0 Å². The average molecular weight is 187 g/mol. The Morgan fingerprint density at radius 1 is 1.00 bits per heavy atom. The molecule has 0 aliphatic carbocycles. The third-order valence-electron chi connectivity index (χ3n) is 1.81. The molecule has 0 aromatic rings. The molecule has 0 radical (unpaired) electrons. The lowest BCUT2D eigenvalue weighted by Crippen LogP contribution is -2.25. The molecule has 0 atom stereocenters. The first-order chi connectivity index (χ1) is 6.31. The molecule has 78 valence electrons. The van der Waals surface area contributed by atoms with E-state index in [9.17, 15) is 4.79 Å². The van der Waals surface area contributed by atoms with Gasteiger partial charge in [0, 0.05) is 13.0 Å². The minimum Gasteiger partial charge on any atom is -0.356 e. The Labute approximate surface area is 80.0 Å². The van der Waals surface area contributed by atoms with Crippen LogP contribution in [-0.2, 0) is 4.79 Å². The lowest BCUT2D eigenvalue weighted by Gasteiger charge is -2.03. The second kappa shape index (κ2) is 9.48. The van der Waals surface area contributed by atoms with Gasteiger partial charge in [0.2, 0.25) is 5.91 Å². The molecule has 5 N–H and O–H groups in total. The summed E-state index contributed by atoms with van der Waals surface area (Å²) < 4.78 is 0. The highest BCUT2D eigenvalue weighted by molar-refractivity contribution is 5.75. The second-order valence-corrected chi connectivity index (χ2v) is 3.09. The van der Waals surface area contributed by atoms with Crippen LogP contribution >= 0.6 is 0 Å². The number of nitrogens with two attached hydrogens (primary N) is 2. The normalized spacial score (nSPS) is 10.0. The topological polar surface area (TPSA) is 81.1 Å². The molecular weight excluding hydrogens is 166 g/mol. The zero-order chi connectivity index (χ0) is 9.94. The minimum absolute atomic E-state index is 0.130. The number of carbonyl (C=O) groups is 1. The molecule has 0 fully saturated rings. The summed E-state index contributed by atoms with van der Waals surface area (Å²) in [5.74, 6) is 0.130. The summed E-state index contributed by atoms with van der Waals surface area (Å²) >= 11 is 0. The highest BCUT2D eigenvalue weighted by atomic mass is 16.1. The van der Waals surface area contributed by atoms with Crippen LogP contribution in [0.3, 0.4) is 0 Å². The number of rotatable bonds is 8. The lowest BCUT2D eigenvalue weighted by molar-refractivity contribution is -0.121. The predicted molar refractivity (Wildman–Crippen MR) is 54.2 cm³/mol. The highest BCUT2D eigenvalue weighted by Gasteiger charge is 1.98. The number of hydrogen-bond acceptors (Lipinski definition) is 3. The quantitative estimate of drug-likeness (QED) is 0.467. The van der Waals surface area contributed by atoms with Crippen LogP contribution in [0.2, 0.25) is 0 Å². The smallest absolute Gasteiger partial charge is 0.219 e. The summed E-state index contributed by atoms with van der Waals surface area (Å²) in [4.78, 5) is 11.1. The van der Waals surface area contributed by atoms with Crippen LogP contribution in [-0.4, -0.2) is 25.5 Å². The van der Waals surface area contributed by atoms with E-state index in [1.54, 1.807) is 0 Å². The summed E-state index contributed by atoms with van der Waals surface area (Å²) in [5, 5.41) is 2.81. The number of unbranched alkanes of at least 4 members (excludes halogenated alkanes) is 2. The van der Waals surface area contributed by atoms with E-state index >= 15 is 0 Å². The molecule has 0 aliphatic heterocycles. The van der Waals surface area contributed by atoms with Crippen LogP contribution in [0.4, 0.5) is 0 Å². The molecule has 1 amide bonds. The van der Waals surface area contributed by atoms with Crippen LogP contribution in [0.15, 0.2) is 0 Å². The van der Waals surface area contributed by atoms with Gasteiger partial charge < -0.3 is 16.8 Å². The van der Waals surface area contributed by atoms with Crippen LogP contribution in [0.25, 0.3) is 0 Å². The Morgan fingerprint density at radius 3 is 2.31 bits per heavy atom. The van der Waals surface area contributed by atoms with Gasteiger partial charge in [-0.15, -0.1) is 0 Å². The first-order valence-corrected chi connectivity index (χ1v) is 4.98. The number of hydrogen-bond donors (Lipinski definition) is 3. The van der Waals surface area contributed by atoms with Crippen molar-refractivity contribution in [2.75, 3.05) is 19.6 Å². The van der Waals surface area contributed by atoms with Gasteiger partial charge in [0.15, 0.2) is 0 Å². The summed E-state index contributed by atoms with van der Waals surface area (Å²) in [7, 11) is 0. The number of nitrogens with one attached hydrogen (secondary N) is 1. The maximum Gasteiger partial charge on any atom is 0.219 e. The number of carbonyl (C=O) groups excluding carboxylic acids is 1. The fourth-order valence-electron chi connectivity index (χ4n) is 1.02. The Balaban J connectivity index is 3.11. The monoisotopic (exact) mass is 187 g/mol. The summed E-state index contributed by atoms with van der Waals surface area (Å²) in [6.45, 7) is 2.05. The van der Waals surface area contributed by atoms with Gasteiger partial charge in [0.1, 0.15) is 0 Å². The first kappa shape index (κ1) is 12.4. The van der Waals surface area contributed by atoms with E-state index in [-0.39, 0.29) is 5.91 Å². The van der Waals surface area contributed by atoms with Gasteiger partial charge in [0.25, 0.3) is 0 Å². The van der Waals surface area contributed by atoms with Crippen molar-refractivity contribution in [3.63, 3.8) is 0 Å². The molecular formula is C9H21N3O. The van der Waals surface area contributed by atoms with Crippen LogP contribution in [0.1, 0.15) is 32.1 Å². The Hall–Kier alpha value is -0.610. The molecule has 0 heterocycles. The van der Waals surface area contributed by atoms with Crippen LogP contribution in [0, 0.1) is 0 Å². The molecule has 0 rings (SSSR count). The van der Waals surface area contributed by atoms with Crippen LogP contribution in [0.5, 0.6) is 0 Å². The van der Waals surface area contributed by atoms with E-state index in [4.69, 9.17) is 11.5 Å². The van der Waals surface area contributed by atoms with Crippen molar-refractivity contribution in [2.45, 2.75) is 32.1 Å². The third-order valence-corrected chi connectivity index (χ3v) is 1.81. The molecule has 4 nitrogen and oxygen atoms in total. The molecule has 0 saturated carbocycles. The van der Waals surface area contributed by atoms with Gasteiger partial charge in [-0.3, -0.25) is 4.79 Å². The summed E-state index contributed by atoms with van der Waals surface area (Å²) in [5.41, 5.74) is 10.6. The standard InChI is InChI=1S/C9H21N3O/c10-6-3-1-2-5-9(13)12-8-4-7-11/h1-8,10-11H2,(H,12,13). The summed E-state index contributed by atoms with van der Waals surface area (Å²) in [6.07, 6.45) is 4.46. The van der Waals surface area contributed by atoms with E-state index in [0.717, 1.165) is 32.2 Å². The third kappa shape index (κ3) is 9.30. The van der Waals surface area contributed by atoms with E-state index in [1.165, 1.54) is 0 Å². The SMILES string of the molecule is NCCCCCC(=O)NCCCN. The van der Waals surface area contributed by atoms with Crippen molar-refractivity contribution in [3.05, 3.63) is 0 Å². The Kier molecular flexibility index (Phi) is 9.03. The van der Waals surface area contributed by atoms with Crippen LogP contribution < -0.4 is 16.8 Å². The minimum atomic E-state index is 0.130. The van der Waals surface area contributed by atoms with Gasteiger partial charge in [-0.2, -0.15) is 0 Å². The molecule has 0 aromatic carbocycles. The lowest BCUT2D eigenvalue weighted by atomic mass is 10.2. The largest absolute Gasteiger partial charge is 0.356 e. The molecule has 4 heteroatoms. The summed E-state index contributed by atoms with van der Waals surface area (Å²) in [6, 6.07) is 0. The predicted octanol–water partition coefficient (Wildman–Crippen LogP) is -0.0295. The molecule has 0 aliphatic rings. The molecule has 0 spiro atoms.